The minimum absolute atomic E-state index is 0.350. The smallest absolute Gasteiger partial charge is 0.195 e. The van der Waals surface area contributed by atoms with E-state index in [9.17, 15) is 0 Å². The van der Waals surface area contributed by atoms with Crippen molar-refractivity contribution in [2.75, 3.05) is 12.9 Å². The zero-order valence-electron chi connectivity index (χ0n) is 14.0. The van der Waals surface area contributed by atoms with Crippen LogP contribution in [0.5, 0.6) is 5.75 Å². The fraction of sp³-hybridized carbons (Fsp3) is 0.529. The van der Waals surface area contributed by atoms with Gasteiger partial charge in [-0.25, -0.2) is 0 Å². The summed E-state index contributed by atoms with van der Waals surface area (Å²) in [5.41, 5.74) is 12.9. The Hall–Kier alpha value is -1.57. The van der Waals surface area contributed by atoms with E-state index in [2.05, 4.69) is 10.2 Å². The molecule has 0 aliphatic heterocycles. The summed E-state index contributed by atoms with van der Waals surface area (Å²) < 4.78 is 7.26. The van der Waals surface area contributed by atoms with E-state index < -0.39 is 0 Å². The molecule has 1 aromatic heterocycles. The normalized spacial score (nSPS) is 21.0. The number of aromatic nitrogens is 3. The average molecular weight is 347 g/mol. The molecule has 24 heavy (non-hydrogen) atoms. The Morgan fingerprint density at radius 2 is 2.04 bits per heavy atom. The predicted molar refractivity (Wildman–Crippen MR) is 96.5 cm³/mol. The number of rotatable bonds is 6. The number of methoxy groups -OCH3 is 1. The summed E-state index contributed by atoms with van der Waals surface area (Å²) in [6, 6.07) is 8.22. The lowest BCUT2D eigenvalue weighted by Crippen LogP contribution is -2.28. The average Bonchev–Trinajstić information content (AvgIpc) is 3.03. The molecule has 4 N–H and O–H groups in total. The van der Waals surface area contributed by atoms with Crippen LogP contribution in [-0.2, 0) is 6.54 Å². The molecule has 1 heterocycles. The Balaban J connectivity index is 1.76. The van der Waals surface area contributed by atoms with Gasteiger partial charge in [-0.3, -0.25) is 4.57 Å². The van der Waals surface area contributed by atoms with Crippen LogP contribution in [0.15, 0.2) is 29.4 Å². The first-order valence-electron chi connectivity index (χ1n) is 8.38. The lowest BCUT2D eigenvalue weighted by atomic mass is 9.87. The highest BCUT2D eigenvalue weighted by Gasteiger charge is 2.21. The maximum atomic E-state index is 6.10. The number of hydrogen-bond donors (Lipinski definition) is 2. The van der Waals surface area contributed by atoms with Gasteiger partial charge < -0.3 is 16.2 Å². The van der Waals surface area contributed by atoms with E-state index in [0.29, 0.717) is 18.5 Å². The second-order valence-corrected chi connectivity index (χ2v) is 7.23. The van der Waals surface area contributed by atoms with Gasteiger partial charge in [0.05, 0.1) is 13.7 Å². The molecule has 0 spiro atoms. The number of benzene rings is 1. The van der Waals surface area contributed by atoms with Crippen LogP contribution in [-0.4, -0.2) is 33.7 Å². The van der Waals surface area contributed by atoms with Crippen molar-refractivity contribution in [1.29, 1.82) is 0 Å². The van der Waals surface area contributed by atoms with Crippen LogP contribution in [0.1, 0.15) is 31.5 Å². The monoisotopic (exact) mass is 347 g/mol. The van der Waals surface area contributed by atoms with Gasteiger partial charge in [-0.2, -0.15) is 0 Å². The summed E-state index contributed by atoms with van der Waals surface area (Å²) in [5, 5.41) is 9.47. The maximum Gasteiger partial charge on any atom is 0.195 e. The lowest BCUT2D eigenvalue weighted by molar-refractivity contribution is 0.349. The molecule has 1 aliphatic carbocycles. The molecule has 2 unspecified atom stereocenters. The number of thioether (sulfide) groups is 1. The summed E-state index contributed by atoms with van der Waals surface area (Å²) in [6.07, 6.45) is 4.74. The highest BCUT2D eigenvalue weighted by atomic mass is 32.2. The van der Waals surface area contributed by atoms with Crippen molar-refractivity contribution in [2.24, 2.45) is 17.4 Å². The Morgan fingerprint density at radius 1 is 1.25 bits per heavy atom. The largest absolute Gasteiger partial charge is 0.497 e. The van der Waals surface area contributed by atoms with Crippen molar-refractivity contribution in [3.05, 3.63) is 30.1 Å². The Bertz CT molecular complexity index is 658. The number of hydrogen-bond acceptors (Lipinski definition) is 6. The highest BCUT2D eigenvalue weighted by molar-refractivity contribution is 7.99. The summed E-state index contributed by atoms with van der Waals surface area (Å²) in [4.78, 5) is 0. The third-order valence-electron chi connectivity index (χ3n) is 4.49. The second-order valence-electron chi connectivity index (χ2n) is 6.24. The molecule has 2 atom stereocenters. The van der Waals surface area contributed by atoms with Gasteiger partial charge in [-0.05, 0) is 49.4 Å². The third-order valence-corrected chi connectivity index (χ3v) is 5.65. The standard InChI is InChI=1S/C17H25N5OS/c1-23-15-7-5-14(6-8-15)22-16(10-18)20-21-17(22)24-11-12-3-2-4-13(19)9-12/h5-8,12-13H,2-4,9-11,18-19H2,1H3. The second kappa shape index (κ2) is 8.00. The van der Waals surface area contributed by atoms with Crippen molar-refractivity contribution in [2.45, 2.75) is 43.4 Å². The van der Waals surface area contributed by atoms with Gasteiger partial charge in [-0.15, -0.1) is 10.2 Å². The molecule has 0 amide bonds. The van der Waals surface area contributed by atoms with Crippen LogP contribution in [0.4, 0.5) is 0 Å². The summed E-state index contributed by atoms with van der Waals surface area (Å²) in [5.74, 6) is 3.27. The molecule has 1 fully saturated rings. The van der Waals surface area contributed by atoms with Crippen LogP contribution in [0, 0.1) is 5.92 Å². The molecule has 0 saturated heterocycles. The Kier molecular flexibility index (Phi) is 5.76. The van der Waals surface area contributed by atoms with E-state index in [1.165, 1.54) is 12.8 Å². The topological polar surface area (TPSA) is 92.0 Å². The molecule has 1 saturated carbocycles. The minimum atomic E-state index is 0.350. The van der Waals surface area contributed by atoms with Crippen LogP contribution < -0.4 is 16.2 Å². The first-order valence-corrected chi connectivity index (χ1v) is 9.37. The third kappa shape index (κ3) is 3.91. The first kappa shape index (κ1) is 17.3. The molecule has 130 valence electrons. The van der Waals surface area contributed by atoms with E-state index in [4.69, 9.17) is 16.2 Å². The molecular weight excluding hydrogens is 322 g/mol. The zero-order chi connectivity index (χ0) is 16.9. The number of ether oxygens (including phenoxy) is 1. The van der Waals surface area contributed by atoms with E-state index in [1.54, 1.807) is 18.9 Å². The van der Waals surface area contributed by atoms with E-state index in [0.717, 1.165) is 41.0 Å². The molecule has 0 radical (unpaired) electrons. The summed E-state index contributed by atoms with van der Waals surface area (Å²) in [7, 11) is 1.66. The lowest BCUT2D eigenvalue weighted by Gasteiger charge is -2.26. The van der Waals surface area contributed by atoms with Gasteiger partial charge in [0.15, 0.2) is 11.0 Å². The van der Waals surface area contributed by atoms with Crippen molar-refractivity contribution in [1.82, 2.24) is 14.8 Å². The number of nitrogens with two attached hydrogens (primary N) is 2. The van der Waals surface area contributed by atoms with Crippen molar-refractivity contribution in [3.63, 3.8) is 0 Å². The Morgan fingerprint density at radius 3 is 2.71 bits per heavy atom. The van der Waals surface area contributed by atoms with E-state index in [-0.39, 0.29) is 0 Å². The van der Waals surface area contributed by atoms with Gasteiger partial charge in [-0.1, -0.05) is 18.2 Å². The van der Waals surface area contributed by atoms with Crippen molar-refractivity contribution in [3.8, 4) is 11.4 Å². The molecular formula is C17H25N5OS. The molecule has 3 rings (SSSR count). The fourth-order valence-corrected chi connectivity index (χ4v) is 4.32. The van der Waals surface area contributed by atoms with Gasteiger partial charge in [0, 0.05) is 17.5 Å². The van der Waals surface area contributed by atoms with Crippen molar-refractivity contribution >= 4 is 11.8 Å². The molecule has 7 heteroatoms. The van der Waals surface area contributed by atoms with Crippen LogP contribution in [0.25, 0.3) is 5.69 Å². The molecule has 6 nitrogen and oxygen atoms in total. The molecule has 1 aromatic carbocycles. The minimum Gasteiger partial charge on any atom is -0.497 e. The first-order chi connectivity index (χ1) is 11.7. The maximum absolute atomic E-state index is 6.10. The van der Waals surface area contributed by atoms with Crippen LogP contribution >= 0.6 is 11.8 Å². The van der Waals surface area contributed by atoms with Gasteiger partial charge in [0.1, 0.15) is 5.75 Å². The highest BCUT2D eigenvalue weighted by Crippen LogP contribution is 2.30. The molecule has 0 bridgehead atoms. The zero-order valence-corrected chi connectivity index (χ0v) is 14.8. The Labute approximate surface area is 147 Å². The fourth-order valence-electron chi connectivity index (χ4n) is 3.19. The number of nitrogens with zero attached hydrogens (tertiary/aromatic N) is 3. The molecule has 1 aliphatic rings. The van der Waals surface area contributed by atoms with E-state index >= 15 is 0 Å². The summed E-state index contributed by atoms with van der Waals surface area (Å²) >= 11 is 1.74. The van der Waals surface area contributed by atoms with Gasteiger partial charge in [0.2, 0.25) is 0 Å². The predicted octanol–water partition coefficient (Wildman–Crippen LogP) is 2.34. The SMILES string of the molecule is COc1ccc(-n2c(CN)nnc2SCC2CCCC(N)C2)cc1. The molecule has 2 aromatic rings. The van der Waals surface area contributed by atoms with Gasteiger partial charge >= 0.3 is 0 Å². The quantitative estimate of drug-likeness (QED) is 0.779. The summed E-state index contributed by atoms with van der Waals surface area (Å²) in [6.45, 7) is 0.355. The van der Waals surface area contributed by atoms with E-state index in [1.807, 2.05) is 28.8 Å². The van der Waals surface area contributed by atoms with Gasteiger partial charge in [0.25, 0.3) is 0 Å². The van der Waals surface area contributed by atoms with Crippen molar-refractivity contribution < 1.29 is 4.74 Å². The van der Waals surface area contributed by atoms with Crippen LogP contribution in [0.3, 0.4) is 0 Å². The van der Waals surface area contributed by atoms with Crippen LogP contribution in [0.2, 0.25) is 0 Å².